The zero-order valence-corrected chi connectivity index (χ0v) is 17.7. The molecule has 0 spiro atoms. The van der Waals surface area contributed by atoms with Crippen molar-refractivity contribution >= 4 is 11.0 Å². The van der Waals surface area contributed by atoms with Crippen molar-refractivity contribution in [2.75, 3.05) is 0 Å². The Bertz CT molecular complexity index is 1120. The Morgan fingerprint density at radius 1 is 0.897 bits per heavy atom. The summed E-state index contributed by atoms with van der Waals surface area (Å²) in [5.41, 5.74) is 8.77. The maximum absolute atomic E-state index is 6.10. The number of fused-ring (bicyclic) bond motifs is 1. The summed E-state index contributed by atoms with van der Waals surface area (Å²) >= 11 is 0. The summed E-state index contributed by atoms with van der Waals surface area (Å²) in [5.74, 6) is 1.83. The summed E-state index contributed by atoms with van der Waals surface area (Å²) < 4.78 is 8.39. The molecule has 0 unspecified atom stereocenters. The van der Waals surface area contributed by atoms with E-state index in [0.717, 1.165) is 35.6 Å². The van der Waals surface area contributed by atoms with Gasteiger partial charge in [0.15, 0.2) is 0 Å². The van der Waals surface area contributed by atoms with Crippen LogP contribution in [-0.4, -0.2) is 9.55 Å². The monoisotopic (exact) mass is 384 g/mol. The number of aryl methyl sites for hydroxylation is 4. The number of nitrogens with zero attached hydrogens (tertiary/aromatic N) is 2. The molecule has 0 radical (unpaired) electrons. The zero-order chi connectivity index (χ0) is 20.4. The van der Waals surface area contributed by atoms with Crippen molar-refractivity contribution in [1.82, 2.24) is 9.55 Å². The second kappa shape index (κ2) is 8.12. The SMILES string of the molecule is CCc1ccc(OCc2nc3ccccc3n2Cc2c(C)cc(C)cc2C)cc1. The van der Waals surface area contributed by atoms with Gasteiger partial charge in [0.05, 0.1) is 11.0 Å². The third kappa shape index (κ3) is 4.04. The molecule has 3 heteroatoms. The molecule has 29 heavy (non-hydrogen) atoms. The van der Waals surface area contributed by atoms with E-state index in [1.54, 1.807) is 0 Å². The molecule has 1 heterocycles. The number of hydrogen-bond donors (Lipinski definition) is 0. The number of rotatable bonds is 6. The van der Waals surface area contributed by atoms with Crippen molar-refractivity contribution in [3.05, 3.63) is 94.3 Å². The minimum absolute atomic E-state index is 0.449. The third-order valence-corrected chi connectivity index (χ3v) is 5.59. The van der Waals surface area contributed by atoms with Crippen LogP contribution >= 0.6 is 0 Å². The van der Waals surface area contributed by atoms with Crippen LogP contribution in [0.1, 0.15) is 40.6 Å². The Morgan fingerprint density at radius 2 is 1.59 bits per heavy atom. The van der Waals surface area contributed by atoms with Crippen molar-refractivity contribution in [3.8, 4) is 5.75 Å². The number of hydrogen-bond acceptors (Lipinski definition) is 2. The van der Waals surface area contributed by atoms with Gasteiger partial charge >= 0.3 is 0 Å². The van der Waals surface area contributed by atoms with Gasteiger partial charge in [0.2, 0.25) is 0 Å². The standard InChI is InChI=1S/C26H28N2O/c1-5-21-10-12-22(13-11-21)29-17-26-27-24-8-6-7-9-25(24)28(26)16-23-19(3)14-18(2)15-20(23)4/h6-15H,5,16-17H2,1-4H3. The summed E-state index contributed by atoms with van der Waals surface area (Å²) in [4.78, 5) is 4.87. The molecule has 3 nitrogen and oxygen atoms in total. The molecule has 0 aliphatic heterocycles. The van der Waals surface area contributed by atoms with Gasteiger partial charge in [0, 0.05) is 6.54 Å². The molecule has 3 aromatic carbocycles. The number of ether oxygens (including phenoxy) is 1. The molecule has 0 saturated heterocycles. The summed E-state index contributed by atoms with van der Waals surface area (Å²) in [6.07, 6.45) is 1.03. The Labute approximate surface area is 173 Å². The van der Waals surface area contributed by atoms with Crippen LogP contribution in [0.25, 0.3) is 11.0 Å². The van der Waals surface area contributed by atoms with E-state index in [1.165, 1.54) is 27.8 Å². The minimum atomic E-state index is 0.449. The zero-order valence-electron chi connectivity index (χ0n) is 17.7. The highest BCUT2D eigenvalue weighted by Crippen LogP contribution is 2.23. The molecular formula is C26H28N2O. The lowest BCUT2D eigenvalue weighted by atomic mass is 10.00. The first-order valence-electron chi connectivity index (χ1n) is 10.3. The van der Waals surface area contributed by atoms with E-state index < -0.39 is 0 Å². The van der Waals surface area contributed by atoms with Gasteiger partial charge in [0.25, 0.3) is 0 Å². The second-order valence-electron chi connectivity index (χ2n) is 7.77. The first-order chi connectivity index (χ1) is 14.0. The molecule has 0 aliphatic carbocycles. The lowest BCUT2D eigenvalue weighted by Crippen LogP contribution is -2.10. The van der Waals surface area contributed by atoms with Gasteiger partial charge in [0.1, 0.15) is 18.2 Å². The van der Waals surface area contributed by atoms with Gasteiger partial charge in [-0.2, -0.15) is 0 Å². The molecule has 0 fully saturated rings. The molecule has 4 rings (SSSR count). The molecule has 0 atom stereocenters. The molecule has 4 aromatic rings. The largest absolute Gasteiger partial charge is 0.486 e. The molecule has 0 aliphatic rings. The van der Waals surface area contributed by atoms with E-state index in [2.05, 4.69) is 74.7 Å². The molecule has 0 amide bonds. The Balaban J connectivity index is 1.67. The third-order valence-electron chi connectivity index (χ3n) is 5.59. The Hall–Kier alpha value is -3.07. The molecule has 0 saturated carbocycles. The normalized spacial score (nSPS) is 11.2. The van der Waals surface area contributed by atoms with Crippen LogP contribution in [0.2, 0.25) is 0 Å². The van der Waals surface area contributed by atoms with Crippen molar-refractivity contribution < 1.29 is 4.74 Å². The highest BCUT2D eigenvalue weighted by Gasteiger charge is 2.14. The number of benzene rings is 3. The van der Waals surface area contributed by atoms with Crippen molar-refractivity contribution in [3.63, 3.8) is 0 Å². The molecule has 0 N–H and O–H groups in total. The molecule has 1 aromatic heterocycles. The van der Waals surface area contributed by atoms with Crippen LogP contribution in [0.15, 0.2) is 60.7 Å². The predicted octanol–water partition coefficient (Wildman–Crippen LogP) is 6.15. The highest BCUT2D eigenvalue weighted by atomic mass is 16.5. The first kappa shape index (κ1) is 19.3. The summed E-state index contributed by atoms with van der Waals surface area (Å²) in [6, 6.07) is 21.2. The average molecular weight is 385 g/mol. The van der Waals surface area contributed by atoms with Gasteiger partial charge in [-0.1, -0.05) is 48.9 Å². The minimum Gasteiger partial charge on any atom is -0.486 e. The van der Waals surface area contributed by atoms with E-state index in [4.69, 9.17) is 9.72 Å². The van der Waals surface area contributed by atoms with Crippen molar-refractivity contribution in [2.24, 2.45) is 0 Å². The Morgan fingerprint density at radius 3 is 2.28 bits per heavy atom. The summed E-state index contributed by atoms with van der Waals surface area (Å²) in [7, 11) is 0. The fraction of sp³-hybridized carbons (Fsp3) is 0.269. The Kier molecular flexibility index (Phi) is 5.39. The molecular weight excluding hydrogens is 356 g/mol. The van der Waals surface area contributed by atoms with E-state index >= 15 is 0 Å². The molecule has 148 valence electrons. The maximum Gasteiger partial charge on any atom is 0.148 e. The number of aromatic nitrogens is 2. The van der Waals surface area contributed by atoms with Crippen LogP contribution < -0.4 is 4.74 Å². The maximum atomic E-state index is 6.10. The average Bonchev–Trinajstić information content (AvgIpc) is 3.07. The van der Waals surface area contributed by atoms with Gasteiger partial charge in [-0.3, -0.25) is 0 Å². The van der Waals surface area contributed by atoms with Gasteiger partial charge in [-0.25, -0.2) is 4.98 Å². The lowest BCUT2D eigenvalue weighted by molar-refractivity contribution is 0.291. The predicted molar refractivity (Wildman–Crippen MR) is 120 cm³/mol. The summed E-state index contributed by atoms with van der Waals surface area (Å²) in [6.45, 7) is 9.95. The quantitative estimate of drug-likeness (QED) is 0.398. The smallest absolute Gasteiger partial charge is 0.148 e. The van der Waals surface area contributed by atoms with Gasteiger partial charge in [-0.05, 0) is 73.7 Å². The van der Waals surface area contributed by atoms with E-state index in [0.29, 0.717) is 6.61 Å². The number of para-hydroxylation sites is 2. The van der Waals surface area contributed by atoms with Crippen LogP contribution in [0.4, 0.5) is 0 Å². The number of imidazole rings is 1. The lowest BCUT2D eigenvalue weighted by Gasteiger charge is -2.15. The first-order valence-corrected chi connectivity index (χ1v) is 10.3. The fourth-order valence-electron chi connectivity index (χ4n) is 4.00. The van der Waals surface area contributed by atoms with Gasteiger partial charge in [-0.15, -0.1) is 0 Å². The van der Waals surface area contributed by atoms with Gasteiger partial charge < -0.3 is 9.30 Å². The van der Waals surface area contributed by atoms with E-state index in [-0.39, 0.29) is 0 Å². The molecule has 0 bridgehead atoms. The van der Waals surface area contributed by atoms with Crippen LogP contribution in [0, 0.1) is 20.8 Å². The second-order valence-corrected chi connectivity index (χ2v) is 7.77. The highest BCUT2D eigenvalue weighted by molar-refractivity contribution is 5.76. The van der Waals surface area contributed by atoms with E-state index in [9.17, 15) is 0 Å². The van der Waals surface area contributed by atoms with E-state index in [1.807, 2.05) is 18.2 Å². The van der Waals surface area contributed by atoms with Crippen LogP contribution in [0.3, 0.4) is 0 Å². The van der Waals surface area contributed by atoms with Crippen LogP contribution in [0.5, 0.6) is 5.75 Å². The van der Waals surface area contributed by atoms with Crippen molar-refractivity contribution in [2.45, 2.75) is 47.3 Å². The van der Waals surface area contributed by atoms with Crippen molar-refractivity contribution in [1.29, 1.82) is 0 Å². The topological polar surface area (TPSA) is 27.1 Å². The fourth-order valence-corrected chi connectivity index (χ4v) is 4.00. The summed E-state index contributed by atoms with van der Waals surface area (Å²) in [5, 5.41) is 0. The van der Waals surface area contributed by atoms with Crippen LogP contribution in [-0.2, 0) is 19.6 Å².